The van der Waals surface area contributed by atoms with Gasteiger partial charge in [0.05, 0.1) is 9.09 Å². The molecule has 2 aromatic rings. The molecule has 0 fully saturated rings. The van der Waals surface area contributed by atoms with E-state index in [-0.39, 0.29) is 0 Å². The van der Waals surface area contributed by atoms with Crippen LogP contribution in [0.5, 0.6) is 0 Å². The summed E-state index contributed by atoms with van der Waals surface area (Å²) < 4.78 is 1.18. The number of H-pyrrole nitrogens is 1. The summed E-state index contributed by atoms with van der Waals surface area (Å²) in [6, 6.07) is 4.06. The number of pyridine rings is 1. The minimum atomic E-state index is 1.06. The van der Waals surface area contributed by atoms with Crippen LogP contribution in [-0.4, -0.2) is 9.97 Å². The molecule has 0 aliphatic heterocycles. The van der Waals surface area contributed by atoms with Crippen LogP contribution in [-0.2, 0) is 0 Å². The molecule has 0 aliphatic rings. The van der Waals surface area contributed by atoms with Crippen molar-refractivity contribution in [3.05, 3.63) is 27.6 Å². The molecule has 11 heavy (non-hydrogen) atoms. The molecule has 0 aliphatic carbocycles. The standard InChI is InChI=1S/C8H7IN2/c1-5-2-3-7-8(11-5)6(9)4-10-7/h2-4,10H,1H3. The van der Waals surface area contributed by atoms with Crippen molar-refractivity contribution in [2.45, 2.75) is 6.92 Å². The maximum Gasteiger partial charge on any atom is 0.101 e. The maximum absolute atomic E-state index is 4.40. The van der Waals surface area contributed by atoms with Gasteiger partial charge in [0.1, 0.15) is 5.52 Å². The predicted octanol–water partition coefficient (Wildman–Crippen LogP) is 2.48. The Kier molecular flexibility index (Phi) is 1.60. The molecular weight excluding hydrogens is 251 g/mol. The number of hydrogen-bond acceptors (Lipinski definition) is 1. The number of aromatic amines is 1. The molecule has 3 heteroatoms. The first kappa shape index (κ1) is 7.09. The summed E-state index contributed by atoms with van der Waals surface area (Å²) in [4.78, 5) is 7.54. The largest absolute Gasteiger partial charge is 0.359 e. The van der Waals surface area contributed by atoms with E-state index in [1.807, 2.05) is 19.2 Å². The summed E-state index contributed by atoms with van der Waals surface area (Å²) >= 11 is 2.28. The maximum atomic E-state index is 4.40. The molecule has 2 aromatic heterocycles. The number of aryl methyl sites for hydroxylation is 1. The van der Waals surface area contributed by atoms with Gasteiger partial charge < -0.3 is 4.98 Å². The number of aromatic nitrogens is 2. The quantitative estimate of drug-likeness (QED) is 0.722. The molecule has 0 radical (unpaired) electrons. The molecule has 0 atom stereocenters. The van der Waals surface area contributed by atoms with Crippen LogP contribution in [0.2, 0.25) is 0 Å². The number of hydrogen-bond donors (Lipinski definition) is 1. The van der Waals surface area contributed by atoms with Crippen molar-refractivity contribution >= 4 is 33.6 Å². The van der Waals surface area contributed by atoms with Crippen molar-refractivity contribution in [2.75, 3.05) is 0 Å². The van der Waals surface area contributed by atoms with Gasteiger partial charge in [0.15, 0.2) is 0 Å². The fraction of sp³-hybridized carbons (Fsp3) is 0.125. The second-order valence-corrected chi connectivity index (χ2v) is 3.65. The molecule has 2 rings (SSSR count). The van der Waals surface area contributed by atoms with Crippen molar-refractivity contribution in [1.82, 2.24) is 9.97 Å². The van der Waals surface area contributed by atoms with Crippen LogP contribution < -0.4 is 0 Å². The van der Waals surface area contributed by atoms with E-state index in [1.165, 1.54) is 3.57 Å². The van der Waals surface area contributed by atoms with Gasteiger partial charge in [-0.05, 0) is 41.6 Å². The molecule has 0 amide bonds. The van der Waals surface area contributed by atoms with Crippen LogP contribution in [0, 0.1) is 10.5 Å². The molecular formula is C8H7IN2. The molecule has 1 N–H and O–H groups in total. The zero-order valence-electron chi connectivity index (χ0n) is 6.06. The minimum absolute atomic E-state index is 1.06. The summed E-state index contributed by atoms with van der Waals surface area (Å²) in [5.41, 5.74) is 3.25. The van der Waals surface area contributed by atoms with E-state index < -0.39 is 0 Å². The van der Waals surface area contributed by atoms with E-state index in [0.717, 1.165) is 16.7 Å². The van der Waals surface area contributed by atoms with Crippen LogP contribution in [0.25, 0.3) is 11.0 Å². The second kappa shape index (κ2) is 2.48. The van der Waals surface area contributed by atoms with Crippen molar-refractivity contribution < 1.29 is 0 Å². The molecule has 2 heterocycles. The summed E-state index contributed by atoms with van der Waals surface area (Å²) in [5.74, 6) is 0. The van der Waals surface area contributed by atoms with Crippen molar-refractivity contribution in [1.29, 1.82) is 0 Å². The highest BCUT2D eigenvalue weighted by atomic mass is 127. The molecule has 0 unspecified atom stereocenters. The number of halogens is 1. The first-order valence-corrected chi connectivity index (χ1v) is 4.45. The lowest BCUT2D eigenvalue weighted by Gasteiger charge is -1.91. The van der Waals surface area contributed by atoms with Gasteiger partial charge in [-0.25, -0.2) is 0 Å². The van der Waals surface area contributed by atoms with Gasteiger partial charge >= 0.3 is 0 Å². The Morgan fingerprint density at radius 2 is 2.27 bits per heavy atom. The molecule has 0 spiro atoms. The zero-order chi connectivity index (χ0) is 7.84. The summed E-state index contributed by atoms with van der Waals surface area (Å²) in [5, 5.41) is 0. The Morgan fingerprint density at radius 1 is 1.45 bits per heavy atom. The number of fused-ring (bicyclic) bond motifs is 1. The Labute approximate surface area is 78.2 Å². The summed E-state index contributed by atoms with van der Waals surface area (Å²) in [6.07, 6.45) is 1.97. The average Bonchev–Trinajstić information content (AvgIpc) is 2.33. The highest BCUT2D eigenvalue weighted by Crippen LogP contribution is 2.17. The topological polar surface area (TPSA) is 28.7 Å². The van der Waals surface area contributed by atoms with Gasteiger partial charge in [-0.15, -0.1) is 0 Å². The lowest BCUT2D eigenvalue weighted by molar-refractivity contribution is 1.25. The summed E-state index contributed by atoms with van der Waals surface area (Å²) in [7, 11) is 0. The van der Waals surface area contributed by atoms with E-state index in [1.54, 1.807) is 0 Å². The predicted molar refractivity (Wildman–Crippen MR) is 53.5 cm³/mol. The van der Waals surface area contributed by atoms with Gasteiger partial charge in [-0.2, -0.15) is 0 Å². The third-order valence-corrected chi connectivity index (χ3v) is 2.44. The van der Waals surface area contributed by atoms with Gasteiger partial charge in [0.25, 0.3) is 0 Å². The highest BCUT2D eigenvalue weighted by Gasteiger charge is 2.00. The summed E-state index contributed by atoms with van der Waals surface area (Å²) in [6.45, 7) is 2.00. The van der Waals surface area contributed by atoms with Crippen molar-refractivity contribution in [3.8, 4) is 0 Å². The number of nitrogens with zero attached hydrogens (tertiary/aromatic N) is 1. The Hall–Kier alpha value is -0.580. The molecule has 2 nitrogen and oxygen atoms in total. The third-order valence-electron chi connectivity index (χ3n) is 1.62. The minimum Gasteiger partial charge on any atom is -0.359 e. The van der Waals surface area contributed by atoms with Crippen LogP contribution in [0.15, 0.2) is 18.3 Å². The normalized spacial score (nSPS) is 10.7. The lowest BCUT2D eigenvalue weighted by atomic mass is 10.3. The lowest BCUT2D eigenvalue weighted by Crippen LogP contribution is -1.80. The molecule has 0 saturated carbocycles. The Bertz CT molecular complexity index is 392. The third kappa shape index (κ3) is 1.13. The first-order valence-electron chi connectivity index (χ1n) is 3.37. The van der Waals surface area contributed by atoms with Gasteiger partial charge in [0.2, 0.25) is 0 Å². The van der Waals surface area contributed by atoms with Crippen molar-refractivity contribution in [2.24, 2.45) is 0 Å². The molecule has 0 aromatic carbocycles. The smallest absolute Gasteiger partial charge is 0.101 e. The fourth-order valence-corrected chi connectivity index (χ4v) is 1.63. The SMILES string of the molecule is Cc1ccc2[nH]cc(I)c2n1. The Balaban J connectivity index is 2.87. The van der Waals surface area contributed by atoms with Crippen molar-refractivity contribution in [3.63, 3.8) is 0 Å². The number of nitrogens with one attached hydrogen (secondary N) is 1. The van der Waals surface area contributed by atoms with E-state index in [2.05, 4.69) is 38.6 Å². The second-order valence-electron chi connectivity index (χ2n) is 2.49. The average molecular weight is 258 g/mol. The van der Waals surface area contributed by atoms with Gasteiger partial charge in [0, 0.05) is 11.9 Å². The zero-order valence-corrected chi connectivity index (χ0v) is 8.21. The van der Waals surface area contributed by atoms with Gasteiger partial charge in [-0.1, -0.05) is 0 Å². The molecule has 56 valence electrons. The van der Waals surface area contributed by atoms with E-state index in [0.29, 0.717) is 0 Å². The van der Waals surface area contributed by atoms with Crippen LogP contribution in [0.1, 0.15) is 5.69 Å². The molecule has 0 saturated heterocycles. The van der Waals surface area contributed by atoms with Crippen LogP contribution in [0.3, 0.4) is 0 Å². The van der Waals surface area contributed by atoms with Crippen LogP contribution >= 0.6 is 22.6 Å². The van der Waals surface area contributed by atoms with E-state index in [9.17, 15) is 0 Å². The fourth-order valence-electron chi connectivity index (χ4n) is 1.06. The van der Waals surface area contributed by atoms with E-state index >= 15 is 0 Å². The van der Waals surface area contributed by atoms with Crippen LogP contribution in [0.4, 0.5) is 0 Å². The monoisotopic (exact) mass is 258 g/mol. The molecule has 0 bridgehead atoms. The number of rotatable bonds is 0. The first-order chi connectivity index (χ1) is 5.27. The van der Waals surface area contributed by atoms with Gasteiger partial charge in [-0.3, -0.25) is 4.98 Å². The van der Waals surface area contributed by atoms with E-state index in [4.69, 9.17) is 0 Å². The highest BCUT2D eigenvalue weighted by molar-refractivity contribution is 14.1. The Morgan fingerprint density at radius 3 is 3.09 bits per heavy atom.